The molecule has 0 saturated heterocycles. The minimum Gasteiger partial charge on any atom is -0.436 e. The summed E-state index contributed by atoms with van der Waals surface area (Å²) in [5.41, 5.74) is 8.06. The van der Waals surface area contributed by atoms with Crippen LogP contribution in [0.4, 0.5) is 17.1 Å². The normalized spacial score (nSPS) is 10.6. The summed E-state index contributed by atoms with van der Waals surface area (Å²) < 4.78 is 5.94. The number of benzene rings is 4. The van der Waals surface area contributed by atoms with E-state index in [4.69, 9.17) is 14.7 Å². The zero-order valence-corrected chi connectivity index (χ0v) is 20.1. The number of nitrogens with zero attached hydrogens (tertiary/aromatic N) is 5. The van der Waals surface area contributed by atoms with Gasteiger partial charge in [0.15, 0.2) is 5.58 Å². The van der Waals surface area contributed by atoms with Crippen LogP contribution in [0.2, 0.25) is 0 Å². The number of hydrogen-bond acceptors (Lipinski definition) is 6. The largest absolute Gasteiger partial charge is 0.436 e. The van der Waals surface area contributed by atoms with Gasteiger partial charge in [0.2, 0.25) is 5.89 Å². The van der Waals surface area contributed by atoms with E-state index < -0.39 is 0 Å². The Morgan fingerprint density at radius 3 is 1.79 bits per heavy atom. The lowest BCUT2D eigenvalue weighted by atomic mass is 10.1. The Balaban J connectivity index is 1.37. The molecule has 0 saturated carbocycles. The first kappa shape index (κ1) is 22.7. The second-order valence-electron chi connectivity index (χ2n) is 8.62. The Hall–Kier alpha value is -5.72. The maximum Gasteiger partial charge on any atom is 0.227 e. The van der Waals surface area contributed by atoms with Gasteiger partial charge in [-0.25, -0.2) is 4.98 Å². The molecule has 0 radical (unpaired) electrons. The first-order valence-electron chi connectivity index (χ1n) is 11.9. The molecular formula is C32H19N5O. The molecule has 6 aromatic rings. The van der Waals surface area contributed by atoms with Crippen LogP contribution in [-0.2, 0) is 0 Å². The fourth-order valence-corrected chi connectivity index (χ4v) is 4.29. The van der Waals surface area contributed by atoms with Crippen LogP contribution in [0, 0.1) is 22.7 Å². The first-order chi connectivity index (χ1) is 18.7. The van der Waals surface area contributed by atoms with Crippen molar-refractivity contribution in [3.8, 4) is 34.8 Å². The molecule has 0 aliphatic carbocycles. The van der Waals surface area contributed by atoms with E-state index in [9.17, 15) is 5.26 Å². The van der Waals surface area contributed by atoms with Crippen LogP contribution in [0.3, 0.4) is 0 Å². The number of hydrogen-bond donors (Lipinski definition) is 0. The highest BCUT2D eigenvalue weighted by Gasteiger charge is 2.15. The van der Waals surface area contributed by atoms with E-state index >= 15 is 0 Å². The molecular weight excluding hydrogens is 470 g/mol. The van der Waals surface area contributed by atoms with Crippen LogP contribution in [0.1, 0.15) is 11.1 Å². The standard InChI is InChI=1S/C32H19N5O/c33-19-22-5-9-24(10-6-22)29-18-17-28(21-35-29)37(26-13-7-23(20-34)8-14-26)27-15-11-25(12-16-27)32-36-30-3-1-2-4-31(30)38-32/h1-18,21H. The van der Waals surface area contributed by atoms with Crippen LogP contribution >= 0.6 is 0 Å². The summed E-state index contributed by atoms with van der Waals surface area (Å²) in [5.74, 6) is 0.566. The average Bonchev–Trinajstić information content (AvgIpc) is 3.43. The predicted octanol–water partition coefficient (Wildman–Crippen LogP) is 7.77. The number of pyridine rings is 1. The second kappa shape index (κ2) is 9.73. The van der Waals surface area contributed by atoms with Crippen molar-refractivity contribution in [2.24, 2.45) is 0 Å². The number of para-hydroxylation sites is 2. The highest BCUT2D eigenvalue weighted by atomic mass is 16.3. The van der Waals surface area contributed by atoms with Crippen molar-refractivity contribution in [3.05, 3.63) is 127 Å². The van der Waals surface area contributed by atoms with Crippen molar-refractivity contribution in [2.45, 2.75) is 0 Å². The summed E-state index contributed by atoms with van der Waals surface area (Å²) in [4.78, 5) is 11.4. The number of aromatic nitrogens is 2. The van der Waals surface area contributed by atoms with E-state index in [0.29, 0.717) is 17.0 Å². The Morgan fingerprint density at radius 1 is 0.605 bits per heavy atom. The topological polar surface area (TPSA) is 89.7 Å². The second-order valence-corrected chi connectivity index (χ2v) is 8.62. The maximum absolute atomic E-state index is 9.26. The van der Waals surface area contributed by atoms with Crippen molar-refractivity contribution >= 4 is 28.2 Å². The third-order valence-corrected chi connectivity index (χ3v) is 6.24. The molecule has 4 aromatic carbocycles. The lowest BCUT2D eigenvalue weighted by Gasteiger charge is -2.25. The van der Waals surface area contributed by atoms with Gasteiger partial charge in [-0.1, -0.05) is 24.3 Å². The van der Waals surface area contributed by atoms with Crippen molar-refractivity contribution < 1.29 is 4.42 Å². The van der Waals surface area contributed by atoms with Gasteiger partial charge < -0.3 is 9.32 Å². The van der Waals surface area contributed by atoms with Crippen LogP contribution < -0.4 is 4.90 Å². The van der Waals surface area contributed by atoms with Crippen LogP contribution in [0.5, 0.6) is 0 Å². The van der Waals surface area contributed by atoms with Gasteiger partial charge in [0.1, 0.15) is 5.52 Å². The van der Waals surface area contributed by atoms with Crippen LogP contribution in [0.25, 0.3) is 33.8 Å². The number of anilines is 3. The molecule has 2 heterocycles. The van der Waals surface area contributed by atoms with Crippen LogP contribution in [-0.4, -0.2) is 9.97 Å². The highest BCUT2D eigenvalue weighted by Crippen LogP contribution is 2.36. The summed E-state index contributed by atoms with van der Waals surface area (Å²) in [5, 5.41) is 18.3. The number of rotatable bonds is 5. The lowest BCUT2D eigenvalue weighted by Crippen LogP contribution is -2.10. The number of oxazole rings is 1. The van der Waals surface area contributed by atoms with E-state index in [1.54, 1.807) is 24.3 Å². The third-order valence-electron chi connectivity index (χ3n) is 6.24. The number of fused-ring (bicyclic) bond motifs is 1. The Morgan fingerprint density at radius 2 is 1.18 bits per heavy atom. The van der Waals surface area contributed by atoms with Gasteiger partial charge in [-0.05, 0) is 84.9 Å². The van der Waals surface area contributed by atoms with Crippen LogP contribution in [0.15, 0.2) is 120 Å². The van der Waals surface area contributed by atoms with Crippen molar-refractivity contribution in [1.29, 1.82) is 10.5 Å². The summed E-state index contributed by atoms with van der Waals surface area (Å²) in [7, 11) is 0. The fourth-order valence-electron chi connectivity index (χ4n) is 4.29. The van der Waals surface area contributed by atoms with Crippen molar-refractivity contribution in [1.82, 2.24) is 9.97 Å². The van der Waals surface area contributed by atoms with Gasteiger partial charge in [0.05, 0.1) is 40.8 Å². The molecule has 0 aliphatic rings. The molecule has 2 aromatic heterocycles. The Bertz CT molecular complexity index is 1770. The molecule has 0 fully saturated rings. The SMILES string of the molecule is N#Cc1ccc(-c2ccc(N(c3ccc(C#N)cc3)c3ccc(-c4nc5ccccc5o4)cc3)cn2)cc1. The third kappa shape index (κ3) is 4.35. The van der Waals surface area contributed by atoms with E-state index in [2.05, 4.69) is 22.0 Å². The molecule has 178 valence electrons. The lowest BCUT2D eigenvalue weighted by molar-refractivity contribution is 0.620. The summed E-state index contributed by atoms with van der Waals surface area (Å²) in [6.45, 7) is 0. The zero-order valence-electron chi connectivity index (χ0n) is 20.1. The molecule has 0 atom stereocenters. The fraction of sp³-hybridized carbons (Fsp3) is 0. The van der Waals surface area contributed by atoms with Gasteiger partial charge in [-0.3, -0.25) is 4.98 Å². The minimum absolute atomic E-state index is 0.566. The summed E-state index contributed by atoms with van der Waals surface area (Å²) >= 11 is 0. The predicted molar refractivity (Wildman–Crippen MR) is 147 cm³/mol. The smallest absolute Gasteiger partial charge is 0.227 e. The van der Waals surface area contributed by atoms with E-state index in [1.165, 1.54) is 0 Å². The molecule has 0 unspecified atom stereocenters. The molecule has 6 nitrogen and oxygen atoms in total. The van der Waals surface area contributed by atoms with Gasteiger partial charge in [0, 0.05) is 22.5 Å². The quantitative estimate of drug-likeness (QED) is 0.246. The van der Waals surface area contributed by atoms with Crippen molar-refractivity contribution in [2.75, 3.05) is 4.90 Å². The van der Waals surface area contributed by atoms with Gasteiger partial charge in [0.25, 0.3) is 0 Å². The summed E-state index contributed by atoms with van der Waals surface area (Å²) in [6.07, 6.45) is 1.82. The van der Waals surface area contributed by atoms with E-state index in [-0.39, 0.29) is 0 Å². The van der Waals surface area contributed by atoms with Gasteiger partial charge in [-0.15, -0.1) is 0 Å². The molecule has 0 aliphatic heterocycles. The minimum atomic E-state index is 0.566. The monoisotopic (exact) mass is 489 g/mol. The Kier molecular flexibility index (Phi) is 5.82. The van der Waals surface area contributed by atoms with Gasteiger partial charge >= 0.3 is 0 Å². The Labute approximate surface area is 219 Å². The zero-order chi connectivity index (χ0) is 25.9. The van der Waals surface area contributed by atoms with E-state index in [0.717, 1.165) is 45.0 Å². The number of nitriles is 2. The van der Waals surface area contributed by atoms with E-state index in [1.807, 2.05) is 91.1 Å². The highest BCUT2D eigenvalue weighted by molar-refractivity contribution is 5.80. The molecule has 0 N–H and O–H groups in total. The first-order valence-corrected chi connectivity index (χ1v) is 11.9. The molecule has 38 heavy (non-hydrogen) atoms. The molecule has 6 heteroatoms. The maximum atomic E-state index is 9.26. The molecule has 0 amide bonds. The average molecular weight is 490 g/mol. The molecule has 6 rings (SSSR count). The van der Waals surface area contributed by atoms with Crippen molar-refractivity contribution in [3.63, 3.8) is 0 Å². The molecule has 0 bridgehead atoms. The summed E-state index contributed by atoms with van der Waals surface area (Å²) in [6, 6.07) is 38.7. The van der Waals surface area contributed by atoms with Gasteiger partial charge in [-0.2, -0.15) is 10.5 Å². The molecule has 0 spiro atoms.